The van der Waals surface area contributed by atoms with Crippen LogP contribution in [0.4, 0.5) is 0 Å². The Kier molecular flexibility index (Phi) is 8.05. The van der Waals surface area contributed by atoms with Crippen molar-refractivity contribution in [2.45, 2.75) is 46.0 Å². The van der Waals surface area contributed by atoms with E-state index in [4.69, 9.17) is 0 Å². The molecule has 0 radical (unpaired) electrons. The number of guanidine groups is 1. The van der Waals surface area contributed by atoms with Crippen LogP contribution >= 0.6 is 0 Å². The smallest absolute Gasteiger partial charge is 0.216 e. The Morgan fingerprint density at radius 2 is 1.57 bits per heavy atom. The van der Waals surface area contributed by atoms with Gasteiger partial charge in [-0.3, -0.25) is 0 Å². The van der Waals surface area contributed by atoms with Crippen molar-refractivity contribution in [2.24, 2.45) is 4.99 Å². The van der Waals surface area contributed by atoms with Gasteiger partial charge in [-0.15, -0.1) is 0 Å². The van der Waals surface area contributed by atoms with Crippen molar-refractivity contribution in [3.63, 3.8) is 0 Å². The van der Waals surface area contributed by atoms with E-state index in [2.05, 4.69) is 20.3 Å². The largest absolute Gasteiger partial charge is 0.357 e. The van der Waals surface area contributed by atoms with Crippen LogP contribution < -0.4 is 15.4 Å². The van der Waals surface area contributed by atoms with Crippen molar-refractivity contribution in [1.82, 2.24) is 15.4 Å². The van der Waals surface area contributed by atoms with Gasteiger partial charge in [0, 0.05) is 19.1 Å². The van der Waals surface area contributed by atoms with Gasteiger partial charge >= 0.3 is 0 Å². The van der Waals surface area contributed by atoms with Crippen LogP contribution in [0.5, 0.6) is 0 Å². The zero-order chi connectivity index (χ0) is 17.3. The highest BCUT2D eigenvalue weighted by Crippen LogP contribution is 2.09. The monoisotopic (exact) mass is 340 g/mol. The molecule has 0 saturated heterocycles. The molecule has 0 unspecified atom stereocenters. The zero-order valence-electron chi connectivity index (χ0n) is 14.4. The second-order valence-corrected chi connectivity index (χ2v) is 7.33. The Morgan fingerprint density at radius 3 is 2.04 bits per heavy atom. The molecule has 1 aromatic carbocycles. The molecule has 0 saturated carbocycles. The minimum atomic E-state index is -3.28. The van der Waals surface area contributed by atoms with Crippen molar-refractivity contribution < 1.29 is 8.42 Å². The van der Waals surface area contributed by atoms with Crippen LogP contribution in [0.25, 0.3) is 0 Å². The van der Waals surface area contributed by atoms with E-state index >= 15 is 0 Å². The highest BCUT2D eigenvalue weighted by Gasteiger charge is 2.12. The summed E-state index contributed by atoms with van der Waals surface area (Å²) >= 11 is 0. The zero-order valence-corrected chi connectivity index (χ0v) is 15.2. The van der Waals surface area contributed by atoms with E-state index in [1.807, 2.05) is 52.0 Å². The summed E-state index contributed by atoms with van der Waals surface area (Å²) in [6.07, 6.45) is 0. The van der Waals surface area contributed by atoms with Crippen molar-refractivity contribution in [1.29, 1.82) is 0 Å². The van der Waals surface area contributed by atoms with Crippen LogP contribution in [-0.2, 0) is 22.3 Å². The van der Waals surface area contributed by atoms with Crippen LogP contribution in [0.1, 0.15) is 38.8 Å². The van der Waals surface area contributed by atoms with Crippen molar-refractivity contribution in [2.75, 3.05) is 13.1 Å². The maximum Gasteiger partial charge on any atom is 0.216 e. The van der Waals surface area contributed by atoms with Gasteiger partial charge in [0.1, 0.15) is 0 Å². The molecule has 0 atom stereocenters. The first-order chi connectivity index (χ1) is 10.9. The van der Waals surface area contributed by atoms with Gasteiger partial charge in [0.05, 0.1) is 12.3 Å². The van der Waals surface area contributed by atoms with Gasteiger partial charge in [0.2, 0.25) is 10.0 Å². The molecule has 0 aliphatic carbocycles. The number of rotatable bonds is 8. The van der Waals surface area contributed by atoms with Crippen LogP contribution in [-0.4, -0.2) is 33.5 Å². The molecule has 130 valence electrons. The molecule has 7 heteroatoms. The average molecular weight is 340 g/mol. The summed E-state index contributed by atoms with van der Waals surface area (Å²) < 4.78 is 26.4. The fourth-order valence-electron chi connectivity index (χ4n) is 2.04. The van der Waals surface area contributed by atoms with E-state index < -0.39 is 10.0 Å². The lowest BCUT2D eigenvalue weighted by Crippen LogP contribution is -2.36. The fourth-order valence-corrected chi connectivity index (χ4v) is 3.47. The third-order valence-electron chi connectivity index (χ3n) is 2.90. The molecule has 0 bridgehead atoms. The second kappa shape index (κ2) is 9.52. The predicted molar refractivity (Wildman–Crippen MR) is 95.8 cm³/mol. The highest BCUT2D eigenvalue weighted by molar-refractivity contribution is 7.88. The molecule has 1 aromatic rings. The van der Waals surface area contributed by atoms with E-state index in [0.29, 0.717) is 6.54 Å². The summed E-state index contributed by atoms with van der Waals surface area (Å²) in [5, 5.41) is 6.33. The molecular formula is C16H28N4O2S. The first kappa shape index (κ1) is 19.4. The number of hydrogen-bond donors (Lipinski definition) is 3. The van der Waals surface area contributed by atoms with Crippen LogP contribution in [0.2, 0.25) is 0 Å². The Hall–Kier alpha value is -1.60. The predicted octanol–water partition coefficient (Wildman–Crippen LogP) is 1.59. The molecule has 0 spiro atoms. The van der Waals surface area contributed by atoms with Crippen LogP contribution in [0.3, 0.4) is 0 Å². The summed E-state index contributed by atoms with van der Waals surface area (Å²) in [5.41, 5.74) is 1.81. The molecule has 0 amide bonds. The highest BCUT2D eigenvalue weighted by atomic mass is 32.2. The maximum atomic E-state index is 11.9. The molecule has 1 rings (SSSR count). The summed E-state index contributed by atoms with van der Waals surface area (Å²) in [7, 11) is -3.28. The normalized spacial score (nSPS) is 11.3. The molecule has 6 nitrogen and oxygen atoms in total. The van der Waals surface area contributed by atoms with Crippen molar-refractivity contribution in [3.05, 3.63) is 35.4 Å². The summed E-state index contributed by atoms with van der Waals surface area (Å²) in [6, 6.07) is 7.41. The van der Waals surface area contributed by atoms with E-state index in [9.17, 15) is 8.42 Å². The van der Waals surface area contributed by atoms with Crippen LogP contribution in [0, 0.1) is 0 Å². The van der Waals surface area contributed by atoms with Gasteiger partial charge in [-0.05, 0) is 38.8 Å². The van der Waals surface area contributed by atoms with Gasteiger partial charge in [0.25, 0.3) is 0 Å². The second-order valence-electron chi connectivity index (χ2n) is 5.57. The van der Waals surface area contributed by atoms with E-state index in [1.165, 1.54) is 0 Å². The minimum Gasteiger partial charge on any atom is -0.357 e. The molecule has 0 aromatic heterocycles. The Balaban J connectivity index is 2.68. The van der Waals surface area contributed by atoms with Gasteiger partial charge < -0.3 is 10.6 Å². The first-order valence-corrected chi connectivity index (χ1v) is 9.61. The number of nitrogens with one attached hydrogen (secondary N) is 3. The molecule has 3 N–H and O–H groups in total. The van der Waals surface area contributed by atoms with Gasteiger partial charge in [-0.25, -0.2) is 18.1 Å². The van der Waals surface area contributed by atoms with Gasteiger partial charge in [-0.1, -0.05) is 24.3 Å². The van der Waals surface area contributed by atoms with Crippen molar-refractivity contribution in [3.8, 4) is 0 Å². The lowest BCUT2D eigenvalue weighted by Gasteiger charge is -2.10. The summed E-state index contributed by atoms with van der Waals surface area (Å²) in [5.74, 6) is 0.775. The number of sulfonamides is 1. The van der Waals surface area contributed by atoms with E-state index in [-0.39, 0.29) is 11.8 Å². The third kappa shape index (κ3) is 7.99. The summed E-state index contributed by atoms with van der Waals surface area (Å²) in [4.78, 5) is 4.48. The Labute approximate surface area is 139 Å². The van der Waals surface area contributed by atoms with Gasteiger partial charge in [-0.2, -0.15) is 0 Å². The minimum absolute atomic E-state index is 0.00520. The number of hydrogen-bond acceptors (Lipinski definition) is 3. The number of nitrogens with zero attached hydrogens (tertiary/aromatic N) is 1. The molecule has 0 heterocycles. The molecule has 0 aliphatic rings. The summed E-state index contributed by atoms with van der Waals surface area (Å²) in [6.45, 7) is 9.83. The lowest BCUT2D eigenvalue weighted by molar-refractivity contribution is 0.569. The standard InChI is InChI=1S/C16H28N4O2S/c1-5-17-16(18-6-2)19-11-14-7-9-15(10-8-14)12-23(21,22)20-13(3)4/h7-10,13,20H,5-6,11-12H2,1-4H3,(H2,17,18,19). The van der Waals surface area contributed by atoms with Crippen molar-refractivity contribution >= 4 is 16.0 Å². The Bertz CT molecular complexity index is 587. The molecule has 0 aliphatic heterocycles. The fraction of sp³-hybridized carbons (Fsp3) is 0.562. The quantitative estimate of drug-likeness (QED) is 0.496. The molecule has 23 heavy (non-hydrogen) atoms. The topological polar surface area (TPSA) is 82.6 Å². The van der Waals surface area contributed by atoms with E-state index in [1.54, 1.807) is 0 Å². The Morgan fingerprint density at radius 1 is 1.04 bits per heavy atom. The van der Waals surface area contributed by atoms with Gasteiger partial charge in [0.15, 0.2) is 5.96 Å². The van der Waals surface area contributed by atoms with E-state index in [0.717, 1.165) is 30.2 Å². The lowest BCUT2D eigenvalue weighted by atomic mass is 10.1. The third-order valence-corrected chi connectivity index (χ3v) is 4.45. The molecule has 0 fully saturated rings. The average Bonchev–Trinajstić information content (AvgIpc) is 2.45. The number of aliphatic imine (C=N–C) groups is 1. The van der Waals surface area contributed by atoms with Crippen LogP contribution in [0.15, 0.2) is 29.3 Å². The maximum absolute atomic E-state index is 11.9. The number of benzene rings is 1. The first-order valence-electron chi connectivity index (χ1n) is 7.96. The SMILES string of the molecule is CCNC(=NCc1ccc(CS(=O)(=O)NC(C)C)cc1)NCC. The molecular weight excluding hydrogens is 312 g/mol.